The highest BCUT2D eigenvalue weighted by atomic mass is 19.1. The molecule has 0 saturated heterocycles. The highest BCUT2D eigenvalue weighted by Crippen LogP contribution is 2.21. The molecule has 2 N–H and O–H groups in total. The minimum Gasteiger partial charge on any atom is -0.384 e. The molecular formula is C20H22FN5O2. The van der Waals surface area contributed by atoms with Crippen LogP contribution in [0.4, 0.5) is 4.39 Å². The lowest BCUT2D eigenvalue weighted by Crippen LogP contribution is -2.42. The standard InChI is InChI=1S/C20H22FN5O2/c1-14-23-24-25-26(14)18(11-15-7-4-3-5-8-15)19(27)22-13-20(2,28)16-9-6-10-17(21)12-16/h3-10,12,18,28H,11,13H2,1-2H3,(H,22,27). The number of carbonyl (C=O) groups is 1. The van der Waals surface area contributed by atoms with Gasteiger partial charge in [0.25, 0.3) is 0 Å². The van der Waals surface area contributed by atoms with Gasteiger partial charge in [-0.05, 0) is 47.5 Å². The van der Waals surface area contributed by atoms with Crippen LogP contribution in [0, 0.1) is 12.7 Å². The Labute approximate surface area is 162 Å². The van der Waals surface area contributed by atoms with Gasteiger partial charge in [-0.3, -0.25) is 4.79 Å². The monoisotopic (exact) mass is 383 g/mol. The van der Waals surface area contributed by atoms with Gasteiger partial charge < -0.3 is 10.4 Å². The summed E-state index contributed by atoms with van der Waals surface area (Å²) in [7, 11) is 0. The molecule has 0 aliphatic carbocycles. The molecule has 2 atom stereocenters. The molecule has 3 aromatic rings. The average molecular weight is 383 g/mol. The molecule has 0 bridgehead atoms. The molecule has 0 spiro atoms. The van der Waals surface area contributed by atoms with Crippen LogP contribution in [0.25, 0.3) is 0 Å². The number of halogens is 1. The number of tetrazole rings is 1. The predicted molar refractivity (Wildman–Crippen MR) is 101 cm³/mol. The van der Waals surface area contributed by atoms with Crippen LogP contribution in [0.2, 0.25) is 0 Å². The van der Waals surface area contributed by atoms with Gasteiger partial charge in [0.2, 0.25) is 5.91 Å². The Hall–Kier alpha value is -3.13. The smallest absolute Gasteiger partial charge is 0.245 e. The maximum atomic E-state index is 13.5. The molecule has 0 aliphatic heterocycles. The van der Waals surface area contributed by atoms with Crippen LogP contribution in [0.5, 0.6) is 0 Å². The van der Waals surface area contributed by atoms with E-state index in [1.807, 2.05) is 30.3 Å². The van der Waals surface area contributed by atoms with Gasteiger partial charge in [-0.1, -0.05) is 42.5 Å². The summed E-state index contributed by atoms with van der Waals surface area (Å²) in [4.78, 5) is 12.9. The molecule has 1 aromatic heterocycles. The SMILES string of the molecule is Cc1nnnn1C(Cc1ccccc1)C(=O)NCC(C)(O)c1cccc(F)c1. The van der Waals surface area contributed by atoms with Gasteiger partial charge in [0, 0.05) is 6.42 Å². The van der Waals surface area contributed by atoms with Crippen molar-refractivity contribution < 1.29 is 14.3 Å². The molecule has 2 unspecified atom stereocenters. The van der Waals surface area contributed by atoms with E-state index in [1.54, 1.807) is 13.0 Å². The number of carbonyl (C=O) groups excluding carboxylic acids is 1. The van der Waals surface area contributed by atoms with E-state index in [2.05, 4.69) is 20.8 Å². The maximum Gasteiger partial charge on any atom is 0.245 e. The average Bonchev–Trinajstić information content (AvgIpc) is 3.11. The van der Waals surface area contributed by atoms with Gasteiger partial charge in [0.1, 0.15) is 23.3 Å². The zero-order valence-electron chi connectivity index (χ0n) is 15.7. The van der Waals surface area contributed by atoms with Crippen molar-refractivity contribution in [1.29, 1.82) is 0 Å². The zero-order chi connectivity index (χ0) is 20.1. The quantitative estimate of drug-likeness (QED) is 0.650. The summed E-state index contributed by atoms with van der Waals surface area (Å²) < 4.78 is 14.9. The van der Waals surface area contributed by atoms with E-state index in [0.29, 0.717) is 17.8 Å². The molecule has 7 nitrogen and oxygen atoms in total. The number of nitrogens with one attached hydrogen (secondary N) is 1. The first-order valence-corrected chi connectivity index (χ1v) is 8.91. The van der Waals surface area contributed by atoms with Crippen molar-refractivity contribution in [3.8, 4) is 0 Å². The number of rotatable bonds is 7. The van der Waals surface area contributed by atoms with Crippen LogP contribution in [0.3, 0.4) is 0 Å². The van der Waals surface area contributed by atoms with Crippen LogP contribution >= 0.6 is 0 Å². The Kier molecular flexibility index (Phi) is 5.79. The Morgan fingerprint density at radius 3 is 2.64 bits per heavy atom. The molecule has 0 radical (unpaired) electrons. The fraction of sp³-hybridized carbons (Fsp3) is 0.300. The highest BCUT2D eigenvalue weighted by molar-refractivity contribution is 5.80. The minimum absolute atomic E-state index is 0.0816. The van der Waals surface area contributed by atoms with E-state index in [4.69, 9.17) is 0 Å². The third-order valence-electron chi connectivity index (χ3n) is 4.58. The first-order chi connectivity index (χ1) is 13.4. The molecule has 28 heavy (non-hydrogen) atoms. The van der Waals surface area contributed by atoms with Crippen LogP contribution in [-0.4, -0.2) is 37.8 Å². The lowest BCUT2D eigenvalue weighted by molar-refractivity contribution is -0.126. The summed E-state index contributed by atoms with van der Waals surface area (Å²) in [6, 6.07) is 14.5. The fourth-order valence-electron chi connectivity index (χ4n) is 2.96. The van der Waals surface area contributed by atoms with E-state index < -0.39 is 17.5 Å². The fourth-order valence-corrected chi connectivity index (χ4v) is 2.96. The lowest BCUT2D eigenvalue weighted by Gasteiger charge is -2.26. The normalized spacial score (nSPS) is 14.3. The summed E-state index contributed by atoms with van der Waals surface area (Å²) >= 11 is 0. The molecule has 3 rings (SSSR count). The highest BCUT2D eigenvalue weighted by Gasteiger charge is 2.28. The zero-order valence-corrected chi connectivity index (χ0v) is 15.7. The van der Waals surface area contributed by atoms with E-state index in [9.17, 15) is 14.3 Å². The van der Waals surface area contributed by atoms with E-state index >= 15 is 0 Å². The molecule has 8 heteroatoms. The van der Waals surface area contributed by atoms with Crippen molar-refractivity contribution >= 4 is 5.91 Å². The third-order valence-corrected chi connectivity index (χ3v) is 4.58. The second-order valence-corrected chi connectivity index (χ2v) is 6.88. The topological polar surface area (TPSA) is 92.9 Å². The Bertz CT molecular complexity index is 943. The van der Waals surface area contributed by atoms with Crippen molar-refractivity contribution in [2.45, 2.75) is 31.9 Å². The molecule has 0 fully saturated rings. The van der Waals surface area contributed by atoms with Crippen LogP contribution in [-0.2, 0) is 16.8 Å². The van der Waals surface area contributed by atoms with Crippen molar-refractivity contribution in [3.05, 3.63) is 77.4 Å². The number of aryl methyl sites for hydroxylation is 1. The van der Waals surface area contributed by atoms with E-state index in [0.717, 1.165) is 5.56 Å². The third kappa shape index (κ3) is 4.58. The second-order valence-electron chi connectivity index (χ2n) is 6.88. The number of amides is 1. The van der Waals surface area contributed by atoms with Gasteiger partial charge in [-0.15, -0.1) is 5.10 Å². The van der Waals surface area contributed by atoms with Crippen molar-refractivity contribution in [3.63, 3.8) is 0 Å². The molecule has 146 valence electrons. The van der Waals surface area contributed by atoms with E-state index in [-0.39, 0.29) is 12.5 Å². The first kappa shape index (κ1) is 19.6. The molecule has 2 aromatic carbocycles. The summed E-state index contributed by atoms with van der Waals surface area (Å²) in [5, 5.41) is 24.8. The van der Waals surface area contributed by atoms with Crippen molar-refractivity contribution in [2.75, 3.05) is 6.54 Å². The summed E-state index contributed by atoms with van der Waals surface area (Å²) in [6.45, 7) is 3.16. The van der Waals surface area contributed by atoms with E-state index in [1.165, 1.54) is 29.8 Å². The van der Waals surface area contributed by atoms with Gasteiger partial charge >= 0.3 is 0 Å². The molecular weight excluding hydrogens is 361 g/mol. The number of hydrogen-bond donors (Lipinski definition) is 2. The minimum atomic E-state index is -1.43. The van der Waals surface area contributed by atoms with Gasteiger partial charge in [0.15, 0.2) is 0 Å². The largest absolute Gasteiger partial charge is 0.384 e. The van der Waals surface area contributed by atoms with Gasteiger partial charge in [-0.25, -0.2) is 9.07 Å². The Morgan fingerprint density at radius 2 is 2.00 bits per heavy atom. The Balaban J connectivity index is 1.77. The second kappa shape index (κ2) is 8.26. The van der Waals surface area contributed by atoms with Crippen molar-refractivity contribution in [2.24, 2.45) is 0 Å². The molecule has 0 saturated carbocycles. The van der Waals surface area contributed by atoms with Crippen LogP contribution in [0.1, 0.15) is 29.9 Å². The number of nitrogens with zero attached hydrogens (tertiary/aromatic N) is 4. The number of aromatic nitrogens is 4. The van der Waals surface area contributed by atoms with Crippen LogP contribution in [0.15, 0.2) is 54.6 Å². The number of benzene rings is 2. The van der Waals surface area contributed by atoms with Gasteiger partial charge in [0.05, 0.1) is 6.54 Å². The molecule has 1 amide bonds. The number of hydrogen-bond acceptors (Lipinski definition) is 5. The van der Waals surface area contributed by atoms with Gasteiger partial charge in [-0.2, -0.15) is 0 Å². The number of aliphatic hydroxyl groups is 1. The predicted octanol–water partition coefficient (Wildman–Crippen LogP) is 1.93. The lowest BCUT2D eigenvalue weighted by atomic mass is 9.95. The summed E-state index contributed by atoms with van der Waals surface area (Å²) in [5.74, 6) is -0.278. The molecule has 1 heterocycles. The summed E-state index contributed by atoms with van der Waals surface area (Å²) in [6.07, 6.45) is 0.390. The summed E-state index contributed by atoms with van der Waals surface area (Å²) in [5.41, 5.74) is -0.0921. The first-order valence-electron chi connectivity index (χ1n) is 8.91. The Morgan fingerprint density at radius 1 is 1.25 bits per heavy atom. The maximum absolute atomic E-state index is 13.5. The molecule has 0 aliphatic rings. The van der Waals surface area contributed by atoms with Crippen LogP contribution < -0.4 is 5.32 Å². The van der Waals surface area contributed by atoms with Crippen molar-refractivity contribution in [1.82, 2.24) is 25.5 Å².